The highest BCUT2D eigenvalue weighted by Gasteiger charge is 1.99. The van der Waals surface area contributed by atoms with Gasteiger partial charge in [-0.25, -0.2) is 0 Å². The van der Waals surface area contributed by atoms with Gasteiger partial charge in [0.2, 0.25) is 0 Å². The molecule has 3 heteroatoms. The number of nitrogens with one attached hydrogen (secondary N) is 1. The smallest absolute Gasteiger partial charge is 0.130 e. The molecule has 0 aliphatic carbocycles. The maximum Gasteiger partial charge on any atom is 0.130 e. The van der Waals surface area contributed by atoms with Crippen LogP contribution in [-0.2, 0) is 11.2 Å². The van der Waals surface area contributed by atoms with Gasteiger partial charge in [-0.2, -0.15) is 0 Å². The molecule has 0 amide bonds. The Kier molecular flexibility index (Phi) is 6.33. The lowest BCUT2D eigenvalue weighted by atomic mass is 10.1. The monoisotopic (exact) mass is 237 g/mol. The van der Waals surface area contributed by atoms with Crippen molar-refractivity contribution in [3.05, 3.63) is 29.8 Å². The van der Waals surface area contributed by atoms with Crippen molar-refractivity contribution in [1.82, 2.24) is 5.32 Å². The molecular weight excluding hydrogens is 214 g/mol. The molecule has 1 rings (SSSR count). The molecule has 0 aliphatic rings. The number of hydrogen-bond donors (Lipinski definition) is 1. The van der Waals surface area contributed by atoms with Gasteiger partial charge in [0.25, 0.3) is 0 Å². The van der Waals surface area contributed by atoms with Crippen LogP contribution in [0.15, 0.2) is 24.3 Å². The number of hydrogen-bond acceptors (Lipinski definition) is 3. The number of aryl methyl sites for hydroxylation is 1. The molecule has 0 unspecified atom stereocenters. The summed E-state index contributed by atoms with van der Waals surface area (Å²) in [5.41, 5.74) is 1.15. The van der Waals surface area contributed by atoms with Crippen LogP contribution in [0.4, 0.5) is 0 Å². The lowest BCUT2D eigenvalue weighted by molar-refractivity contribution is -0.116. The van der Waals surface area contributed by atoms with E-state index in [-0.39, 0.29) is 7.21 Å². The second kappa shape index (κ2) is 7.85. The van der Waals surface area contributed by atoms with Gasteiger partial charge >= 0.3 is 0 Å². The first kappa shape index (κ1) is 13.7. The first-order chi connectivity index (χ1) is 8.22. The Balaban J connectivity index is 0.00000289. The minimum absolute atomic E-state index is 0. The van der Waals surface area contributed by atoms with Crippen molar-refractivity contribution < 1.29 is 11.0 Å². The maximum absolute atomic E-state index is 10.9. The zero-order chi connectivity index (χ0) is 12.5. The quantitative estimate of drug-likeness (QED) is 0.706. The van der Waals surface area contributed by atoms with Gasteiger partial charge in [0.05, 0.1) is 0 Å². The largest absolute Gasteiger partial charge is 0.492 e. The number of ketones is 1. The number of ether oxygens (including phenoxy) is 1. The van der Waals surface area contributed by atoms with Gasteiger partial charge in [0.1, 0.15) is 18.1 Å². The third kappa shape index (κ3) is 6.07. The van der Waals surface area contributed by atoms with Crippen LogP contribution in [0, 0.1) is 0 Å². The van der Waals surface area contributed by atoms with Crippen LogP contribution in [0.5, 0.6) is 5.75 Å². The first-order valence-corrected chi connectivity index (χ1v) is 6.14. The molecule has 0 saturated heterocycles. The van der Waals surface area contributed by atoms with E-state index in [2.05, 4.69) is 12.2 Å². The van der Waals surface area contributed by atoms with Crippen molar-refractivity contribution in [2.45, 2.75) is 26.7 Å². The van der Waals surface area contributed by atoms with Gasteiger partial charge < -0.3 is 14.8 Å². The summed E-state index contributed by atoms with van der Waals surface area (Å²) in [6, 6.07) is 7.95. The summed E-state index contributed by atoms with van der Waals surface area (Å²) < 4.78 is 5.61. The van der Waals surface area contributed by atoms with Gasteiger partial charge in [-0.05, 0) is 37.6 Å². The van der Waals surface area contributed by atoms with Crippen LogP contribution < -0.4 is 10.1 Å². The van der Waals surface area contributed by atoms with Crippen LogP contribution in [0.3, 0.4) is 0 Å². The molecule has 0 radical (unpaired) electrons. The average Bonchev–Trinajstić information content (AvgIpc) is 2.33. The highest BCUT2D eigenvalue weighted by Crippen LogP contribution is 2.14. The van der Waals surface area contributed by atoms with Crippen LogP contribution in [0.2, 0.25) is 0 Å². The Morgan fingerprint density at radius 1 is 1.47 bits per heavy atom. The molecule has 0 bridgehead atoms. The Bertz CT molecular complexity index is 355. The minimum Gasteiger partial charge on any atom is -0.492 e. The van der Waals surface area contributed by atoms with Crippen molar-refractivity contribution in [3.63, 3.8) is 0 Å². The number of benzene rings is 1. The zero-order valence-electron chi connectivity index (χ0n) is 10.7. The molecule has 96 valence electrons. The van der Waals surface area contributed by atoms with Gasteiger partial charge in [-0.3, -0.25) is 0 Å². The maximum atomic E-state index is 10.9. The molecule has 0 saturated carbocycles. The Labute approximate surface area is 105 Å². The van der Waals surface area contributed by atoms with Gasteiger partial charge in [0, 0.05) is 14.4 Å². The second-order valence-electron chi connectivity index (χ2n) is 4.05. The van der Waals surface area contributed by atoms with Crippen molar-refractivity contribution in [2.75, 3.05) is 19.7 Å². The average molecular weight is 237 g/mol. The molecule has 0 aromatic heterocycles. The van der Waals surface area contributed by atoms with Gasteiger partial charge in [-0.15, -0.1) is 0 Å². The number of likely N-dealkylation sites (N-methyl/N-ethyl adjacent to an activating group) is 1. The summed E-state index contributed by atoms with van der Waals surface area (Å²) in [5.74, 6) is 1.10. The van der Waals surface area contributed by atoms with Crippen LogP contribution >= 0.6 is 0 Å². The summed E-state index contributed by atoms with van der Waals surface area (Å²) in [6.45, 7) is 6.18. The van der Waals surface area contributed by atoms with E-state index in [4.69, 9.17) is 4.74 Å². The van der Waals surface area contributed by atoms with E-state index >= 15 is 0 Å². The molecule has 1 aromatic carbocycles. The molecule has 0 fully saturated rings. The van der Waals surface area contributed by atoms with Gasteiger partial charge in [-0.1, -0.05) is 19.1 Å². The molecule has 0 atom stereocenters. The van der Waals surface area contributed by atoms with Crippen molar-refractivity contribution >= 4 is 5.78 Å². The van der Waals surface area contributed by atoms with Crippen molar-refractivity contribution in [2.24, 2.45) is 0 Å². The standard InChI is InChI=1S/C14H21NO2.H2/c1-3-15-9-10-17-14-6-4-5-13(11-14)8-7-12(2)16;/h4-6,11,15H,3,7-10H2,1-2H3;1H. The minimum atomic E-state index is 0. The molecular formula is C14H23NO2. The predicted octanol–water partition coefficient (Wildman–Crippen LogP) is 2.44. The van der Waals surface area contributed by atoms with E-state index in [9.17, 15) is 4.79 Å². The van der Waals surface area contributed by atoms with Crippen LogP contribution in [-0.4, -0.2) is 25.5 Å². The van der Waals surface area contributed by atoms with E-state index in [1.165, 1.54) is 0 Å². The topological polar surface area (TPSA) is 38.3 Å². The zero-order valence-corrected chi connectivity index (χ0v) is 10.7. The Morgan fingerprint density at radius 3 is 3.00 bits per heavy atom. The van der Waals surface area contributed by atoms with Gasteiger partial charge in [0.15, 0.2) is 0 Å². The lowest BCUT2D eigenvalue weighted by Gasteiger charge is -2.08. The van der Waals surface area contributed by atoms with Crippen molar-refractivity contribution in [1.29, 1.82) is 0 Å². The van der Waals surface area contributed by atoms with Crippen LogP contribution in [0.25, 0.3) is 0 Å². The fourth-order valence-electron chi connectivity index (χ4n) is 1.53. The first-order valence-electron chi connectivity index (χ1n) is 6.14. The number of rotatable bonds is 8. The van der Waals surface area contributed by atoms with E-state index in [0.29, 0.717) is 13.0 Å². The summed E-state index contributed by atoms with van der Waals surface area (Å²) in [6.07, 6.45) is 1.39. The fraction of sp³-hybridized carbons (Fsp3) is 0.500. The molecule has 1 aromatic rings. The Hall–Kier alpha value is -1.35. The number of carbonyl (C=O) groups excluding carboxylic acids is 1. The second-order valence-corrected chi connectivity index (χ2v) is 4.05. The molecule has 0 heterocycles. The summed E-state index contributed by atoms with van der Waals surface area (Å²) >= 11 is 0. The van der Waals surface area contributed by atoms with E-state index in [0.717, 1.165) is 30.8 Å². The SMILES string of the molecule is CCNCCOc1cccc(CCC(C)=O)c1.[HH]. The Morgan fingerprint density at radius 2 is 2.29 bits per heavy atom. The molecule has 0 aliphatic heterocycles. The molecule has 0 spiro atoms. The van der Waals surface area contributed by atoms with E-state index in [1.807, 2.05) is 24.3 Å². The predicted molar refractivity (Wildman–Crippen MR) is 71.6 cm³/mol. The van der Waals surface area contributed by atoms with Crippen LogP contribution in [0.1, 0.15) is 27.3 Å². The summed E-state index contributed by atoms with van der Waals surface area (Å²) in [4.78, 5) is 10.9. The van der Waals surface area contributed by atoms with Crippen molar-refractivity contribution in [3.8, 4) is 5.75 Å². The fourth-order valence-corrected chi connectivity index (χ4v) is 1.53. The highest BCUT2D eigenvalue weighted by atomic mass is 16.5. The normalized spacial score (nSPS) is 10.2. The highest BCUT2D eigenvalue weighted by molar-refractivity contribution is 5.75. The molecule has 17 heavy (non-hydrogen) atoms. The number of carbonyl (C=O) groups is 1. The lowest BCUT2D eigenvalue weighted by Crippen LogP contribution is -2.20. The molecule has 1 N–H and O–H groups in total. The number of Topliss-reactive ketones (excluding diaryl/α,β-unsaturated/α-hetero) is 1. The van der Waals surface area contributed by atoms with E-state index < -0.39 is 0 Å². The van der Waals surface area contributed by atoms with E-state index in [1.54, 1.807) is 6.92 Å². The summed E-state index contributed by atoms with van der Waals surface area (Å²) in [7, 11) is 0. The third-order valence-corrected chi connectivity index (χ3v) is 2.46. The third-order valence-electron chi connectivity index (χ3n) is 2.46. The summed E-state index contributed by atoms with van der Waals surface area (Å²) in [5, 5.41) is 3.20. The molecule has 3 nitrogen and oxygen atoms in total.